The largest absolute Gasteiger partial charge is 0.477 e. The van der Waals surface area contributed by atoms with Gasteiger partial charge in [-0.3, -0.25) is 9.59 Å². The Hall–Kier alpha value is -4.83. The van der Waals surface area contributed by atoms with Crippen molar-refractivity contribution in [2.45, 2.75) is 155 Å². The highest BCUT2D eigenvalue weighted by atomic mass is 16.7. The molecule has 0 saturated heterocycles. The lowest BCUT2D eigenvalue weighted by atomic mass is 10.1. The van der Waals surface area contributed by atoms with Gasteiger partial charge in [-0.1, -0.05) is 166 Å². The summed E-state index contributed by atoms with van der Waals surface area (Å²) < 4.78 is 22.6. The number of carboxylic acids is 1. The van der Waals surface area contributed by atoms with Crippen molar-refractivity contribution in [1.29, 1.82) is 0 Å². The van der Waals surface area contributed by atoms with E-state index in [1.165, 1.54) is 0 Å². The third-order valence-electron chi connectivity index (χ3n) is 9.59. The van der Waals surface area contributed by atoms with Gasteiger partial charge in [-0.2, -0.15) is 0 Å². The van der Waals surface area contributed by atoms with Crippen LogP contribution >= 0.6 is 0 Å². The molecule has 0 amide bonds. The maximum atomic E-state index is 12.8. The summed E-state index contributed by atoms with van der Waals surface area (Å²) in [5.74, 6) is -2.16. The quantitative estimate of drug-likeness (QED) is 0.0212. The van der Waals surface area contributed by atoms with E-state index in [9.17, 15) is 19.5 Å². The molecule has 374 valence electrons. The van der Waals surface area contributed by atoms with E-state index in [1.54, 1.807) is 0 Å². The molecule has 0 aliphatic rings. The number of rotatable bonds is 43. The van der Waals surface area contributed by atoms with E-state index in [2.05, 4.69) is 154 Å². The van der Waals surface area contributed by atoms with E-state index in [4.69, 9.17) is 18.9 Å². The van der Waals surface area contributed by atoms with Crippen molar-refractivity contribution in [1.82, 2.24) is 0 Å². The van der Waals surface area contributed by atoms with Crippen molar-refractivity contribution >= 4 is 17.9 Å². The Morgan fingerprint density at radius 3 is 1.21 bits per heavy atom. The van der Waals surface area contributed by atoms with Crippen LogP contribution in [0.25, 0.3) is 0 Å². The minimum absolute atomic E-state index is 0.162. The molecule has 0 spiro atoms. The number of likely N-dealkylation sites (N-methyl/N-ethyl adjacent to an activating group) is 1. The zero-order valence-electron chi connectivity index (χ0n) is 42.2. The standard InChI is InChI=1S/C58H89NO8/c1-6-8-10-12-14-16-18-20-21-22-23-24-25-26-27-28-29-30-31-32-33-34-35-37-39-41-43-45-47-49-56(61)67-54(53-66-58(57(62)63)64-51-50-59(3,4)5)52-65-55(60)48-46-44-42-40-38-36-19-17-15-13-11-9-7-2/h8-11,14-17,20-21,23-24,26-27,29-30,32-33,35-38,41,43,54,58H,6-7,12-13,18-19,22,25,28,31,34,39-40,42,44-53H2,1-5H3/p+1/b10-8-,11-9-,16-14-,17-15-,21-20-,24-23-,27-26-,30-29-,33-32-,37-35-,38-36-,43-41-. The number of esters is 2. The number of aliphatic carboxylic acids is 1. The highest BCUT2D eigenvalue weighted by Crippen LogP contribution is 2.10. The fourth-order valence-corrected chi connectivity index (χ4v) is 5.79. The lowest BCUT2D eigenvalue weighted by Gasteiger charge is -2.25. The number of allylic oxidation sites excluding steroid dienone is 24. The number of unbranched alkanes of at least 4 members (excludes halogenated alkanes) is 4. The van der Waals surface area contributed by atoms with Crippen molar-refractivity contribution in [2.24, 2.45) is 0 Å². The van der Waals surface area contributed by atoms with Crippen LogP contribution in [0.3, 0.4) is 0 Å². The zero-order valence-corrected chi connectivity index (χ0v) is 42.2. The monoisotopic (exact) mass is 929 g/mol. The molecule has 2 atom stereocenters. The summed E-state index contributed by atoms with van der Waals surface area (Å²) in [6, 6.07) is 0. The second-order valence-electron chi connectivity index (χ2n) is 17.0. The molecule has 0 fully saturated rings. The number of carbonyl (C=O) groups is 3. The Morgan fingerprint density at radius 1 is 0.448 bits per heavy atom. The minimum Gasteiger partial charge on any atom is -0.477 e. The van der Waals surface area contributed by atoms with Gasteiger partial charge in [0.15, 0.2) is 6.10 Å². The number of nitrogens with zero attached hydrogens (tertiary/aromatic N) is 1. The number of hydrogen-bond acceptors (Lipinski definition) is 7. The van der Waals surface area contributed by atoms with Crippen LogP contribution in [0.1, 0.15) is 142 Å². The molecular weight excluding hydrogens is 839 g/mol. The molecule has 0 aliphatic heterocycles. The lowest BCUT2D eigenvalue weighted by molar-refractivity contribution is -0.870. The van der Waals surface area contributed by atoms with Gasteiger partial charge in [0.2, 0.25) is 0 Å². The minimum atomic E-state index is -1.54. The summed E-state index contributed by atoms with van der Waals surface area (Å²) in [5.41, 5.74) is 0. The first kappa shape index (κ1) is 62.2. The van der Waals surface area contributed by atoms with Gasteiger partial charge in [-0.25, -0.2) is 4.79 Å². The molecular formula is C58H90NO8+. The van der Waals surface area contributed by atoms with Crippen molar-refractivity contribution in [3.8, 4) is 0 Å². The van der Waals surface area contributed by atoms with Crippen molar-refractivity contribution in [3.05, 3.63) is 146 Å². The molecule has 0 bridgehead atoms. The maximum Gasteiger partial charge on any atom is 0.361 e. The van der Waals surface area contributed by atoms with Gasteiger partial charge in [0.1, 0.15) is 13.2 Å². The van der Waals surface area contributed by atoms with Crippen LogP contribution in [0.5, 0.6) is 0 Å². The average molecular weight is 929 g/mol. The van der Waals surface area contributed by atoms with Crippen LogP contribution in [0.15, 0.2) is 146 Å². The fraction of sp³-hybridized carbons (Fsp3) is 0.534. The fourth-order valence-electron chi connectivity index (χ4n) is 5.79. The van der Waals surface area contributed by atoms with E-state index in [0.29, 0.717) is 30.3 Å². The molecule has 0 rings (SSSR count). The molecule has 9 nitrogen and oxygen atoms in total. The van der Waals surface area contributed by atoms with Gasteiger partial charge in [0, 0.05) is 12.8 Å². The molecule has 0 saturated carbocycles. The summed E-state index contributed by atoms with van der Waals surface area (Å²) in [6.45, 7) is 4.49. The molecule has 2 unspecified atom stereocenters. The van der Waals surface area contributed by atoms with Crippen LogP contribution in [0, 0.1) is 0 Å². The topological polar surface area (TPSA) is 108 Å². The average Bonchev–Trinajstić information content (AvgIpc) is 3.29. The molecule has 0 aromatic rings. The third kappa shape index (κ3) is 48.9. The Kier molecular flexibility index (Phi) is 44.2. The van der Waals surface area contributed by atoms with E-state index in [1.807, 2.05) is 27.2 Å². The highest BCUT2D eigenvalue weighted by molar-refractivity contribution is 5.71. The summed E-state index contributed by atoms with van der Waals surface area (Å²) >= 11 is 0. The van der Waals surface area contributed by atoms with Crippen molar-refractivity contribution in [2.75, 3.05) is 47.5 Å². The number of ether oxygens (including phenoxy) is 4. The van der Waals surface area contributed by atoms with Crippen LogP contribution < -0.4 is 0 Å². The molecule has 0 aromatic carbocycles. The predicted octanol–water partition coefficient (Wildman–Crippen LogP) is 14.1. The number of hydrogen-bond donors (Lipinski definition) is 1. The molecule has 67 heavy (non-hydrogen) atoms. The third-order valence-corrected chi connectivity index (χ3v) is 9.59. The Morgan fingerprint density at radius 2 is 0.821 bits per heavy atom. The molecule has 1 N–H and O–H groups in total. The van der Waals surface area contributed by atoms with Crippen LogP contribution in [-0.2, 0) is 33.3 Å². The summed E-state index contributed by atoms with van der Waals surface area (Å²) in [5, 5.41) is 9.65. The van der Waals surface area contributed by atoms with Crippen LogP contribution in [-0.4, -0.2) is 87.4 Å². The SMILES string of the molecule is CC/C=C\C/C=C\C/C=C\C/C=C\C/C=C\C/C=C\C/C=C\C/C=C\C/C=C\CCCC(=O)OC(COC(=O)CCCCC/C=C\C/C=C\C/C=C\CC)COC(OCC[N+](C)(C)C)C(=O)O. The number of carboxylic acid groups (broad SMARTS) is 1. The van der Waals surface area contributed by atoms with Crippen LogP contribution in [0.4, 0.5) is 0 Å². The van der Waals surface area contributed by atoms with E-state index in [0.717, 1.165) is 96.3 Å². The van der Waals surface area contributed by atoms with Crippen LogP contribution in [0.2, 0.25) is 0 Å². The normalized spacial score (nSPS) is 14.1. The van der Waals surface area contributed by atoms with Crippen molar-refractivity contribution in [3.63, 3.8) is 0 Å². The first-order valence-corrected chi connectivity index (χ1v) is 25.0. The zero-order chi connectivity index (χ0) is 49.2. The van der Waals surface area contributed by atoms with Crippen molar-refractivity contribution < 1.29 is 42.9 Å². The van der Waals surface area contributed by atoms with Gasteiger partial charge >= 0.3 is 17.9 Å². The van der Waals surface area contributed by atoms with Gasteiger partial charge < -0.3 is 28.5 Å². The summed E-state index contributed by atoms with van der Waals surface area (Å²) in [6.07, 6.45) is 66.5. The maximum absolute atomic E-state index is 12.8. The molecule has 0 heterocycles. The second kappa shape index (κ2) is 47.7. The first-order valence-electron chi connectivity index (χ1n) is 25.0. The highest BCUT2D eigenvalue weighted by Gasteiger charge is 2.25. The smallest absolute Gasteiger partial charge is 0.361 e. The first-order chi connectivity index (χ1) is 32.6. The lowest BCUT2D eigenvalue weighted by Crippen LogP contribution is -2.40. The van der Waals surface area contributed by atoms with Gasteiger partial charge in [-0.15, -0.1) is 0 Å². The van der Waals surface area contributed by atoms with E-state index < -0.39 is 30.3 Å². The summed E-state index contributed by atoms with van der Waals surface area (Å²) in [4.78, 5) is 37.2. The Balaban J connectivity index is 4.50. The number of carbonyl (C=O) groups excluding carboxylic acids is 2. The second-order valence-corrected chi connectivity index (χ2v) is 17.0. The van der Waals surface area contributed by atoms with E-state index >= 15 is 0 Å². The molecule has 0 radical (unpaired) electrons. The molecule has 0 aromatic heterocycles. The van der Waals surface area contributed by atoms with E-state index in [-0.39, 0.29) is 32.7 Å². The predicted molar refractivity (Wildman–Crippen MR) is 280 cm³/mol. The van der Waals surface area contributed by atoms with Gasteiger partial charge in [0.05, 0.1) is 34.4 Å². The summed E-state index contributed by atoms with van der Waals surface area (Å²) in [7, 11) is 5.91. The molecule has 0 aliphatic carbocycles. The Labute approximate surface area is 407 Å². The van der Waals surface area contributed by atoms with Gasteiger partial charge in [0.25, 0.3) is 6.29 Å². The number of quaternary nitrogens is 1. The van der Waals surface area contributed by atoms with Gasteiger partial charge in [-0.05, 0) is 109 Å². The Bertz CT molecular complexity index is 1600. The molecule has 9 heteroatoms.